The number of H-pyrrole nitrogens is 1. The molecule has 1 aromatic heterocycles. The molecule has 100 valence electrons. The van der Waals surface area contributed by atoms with Gasteiger partial charge in [0, 0.05) is 25.5 Å². The third kappa shape index (κ3) is 3.99. The summed E-state index contributed by atoms with van der Waals surface area (Å²) in [5.41, 5.74) is 1.88. The number of carbonyl (C=O) groups excluding carboxylic acids is 1. The Morgan fingerprint density at radius 3 is 2.68 bits per heavy atom. The second-order valence-electron chi connectivity index (χ2n) is 4.07. The van der Waals surface area contributed by atoms with Crippen molar-refractivity contribution < 1.29 is 4.79 Å². The molecule has 0 aliphatic rings. The lowest BCUT2D eigenvalue weighted by molar-refractivity contribution is -0.113. The third-order valence-electron chi connectivity index (χ3n) is 2.40. The van der Waals surface area contributed by atoms with E-state index in [1.807, 2.05) is 43.3 Å². The number of carbonyl (C=O) groups is 1. The smallest absolute Gasteiger partial charge is 0.234 e. The van der Waals surface area contributed by atoms with Gasteiger partial charge in [-0.2, -0.15) is 5.10 Å². The van der Waals surface area contributed by atoms with Crippen molar-refractivity contribution in [3.05, 3.63) is 30.6 Å². The minimum atomic E-state index is -0.0704. The summed E-state index contributed by atoms with van der Waals surface area (Å²) in [5, 5.41) is 9.88. The molecule has 1 aromatic carbocycles. The van der Waals surface area contributed by atoms with Crippen LogP contribution < -0.4 is 10.2 Å². The van der Waals surface area contributed by atoms with Crippen LogP contribution in [-0.2, 0) is 4.79 Å². The number of nitrogens with one attached hydrogen (secondary N) is 2. The lowest BCUT2D eigenvalue weighted by atomic mass is 10.2. The van der Waals surface area contributed by atoms with E-state index < -0.39 is 0 Å². The number of thioether (sulfide) groups is 1. The Hall–Kier alpha value is -2.02. The number of aromatic amines is 1. The van der Waals surface area contributed by atoms with Crippen molar-refractivity contribution >= 4 is 29.0 Å². The Morgan fingerprint density at radius 1 is 1.37 bits per heavy atom. The predicted molar refractivity (Wildman–Crippen MR) is 76.5 cm³/mol. The lowest BCUT2D eigenvalue weighted by Gasteiger charge is -2.12. The average Bonchev–Trinajstić information content (AvgIpc) is 2.90. The zero-order chi connectivity index (χ0) is 13.7. The molecular formula is C12H15N5OS. The van der Waals surface area contributed by atoms with Crippen LogP contribution in [0.2, 0.25) is 0 Å². The van der Waals surface area contributed by atoms with Crippen molar-refractivity contribution in [3.63, 3.8) is 0 Å². The van der Waals surface area contributed by atoms with Crippen LogP contribution in [0.25, 0.3) is 0 Å². The Kier molecular flexibility index (Phi) is 4.40. The van der Waals surface area contributed by atoms with Gasteiger partial charge in [-0.1, -0.05) is 11.8 Å². The van der Waals surface area contributed by atoms with Gasteiger partial charge < -0.3 is 10.2 Å². The Labute approximate surface area is 115 Å². The number of hydrogen-bond acceptors (Lipinski definition) is 5. The Bertz CT molecular complexity index is 524. The normalized spacial score (nSPS) is 10.2. The van der Waals surface area contributed by atoms with Gasteiger partial charge in [-0.05, 0) is 24.3 Å². The van der Waals surface area contributed by atoms with Gasteiger partial charge in [0.1, 0.15) is 6.33 Å². The first kappa shape index (κ1) is 13.4. The lowest BCUT2D eigenvalue weighted by Crippen LogP contribution is -2.14. The van der Waals surface area contributed by atoms with Crippen LogP contribution in [0.4, 0.5) is 11.4 Å². The van der Waals surface area contributed by atoms with Gasteiger partial charge >= 0.3 is 0 Å². The molecule has 19 heavy (non-hydrogen) atoms. The summed E-state index contributed by atoms with van der Waals surface area (Å²) in [4.78, 5) is 17.7. The van der Waals surface area contributed by atoms with Crippen LogP contribution in [0.5, 0.6) is 0 Å². The SMILES string of the molecule is CN(C)c1ccc(NC(=O)CSc2ncn[nH]2)cc1. The fourth-order valence-electron chi connectivity index (χ4n) is 1.44. The van der Waals surface area contributed by atoms with Gasteiger partial charge in [-0.25, -0.2) is 4.98 Å². The molecule has 2 aromatic rings. The summed E-state index contributed by atoms with van der Waals surface area (Å²) in [7, 11) is 3.95. The van der Waals surface area contributed by atoms with E-state index in [1.54, 1.807) is 0 Å². The number of aromatic nitrogens is 3. The van der Waals surface area contributed by atoms with Gasteiger partial charge in [-0.15, -0.1) is 0 Å². The minimum absolute atomic E-state index is 0.0704. The highest BCUT2D eigenvalue weighted by Gasteiger charge is 2.05. The van der Waals surface area contributed by atoms with Crippen LogP contribution in [0, 0.1) is 0 Å². The van der Waals surface area contributed by atoms with E-state index in [2.05, 4.69) is 20.5 Å². The first-order valence-corrected chi connectivity index (χ1v) is 6.69. The van der Waals surface area contributed by atoms with E-state index in [4.69, 9.17) is 0 Å². The Balaban J connectivity index is 1.84. The van der Waals surface area contributed by atoms with Crippen LogP contribution in [0.15, 0.2) is 35.7 Å². The van der Waals surface area contributed by atoms with Crippen LogP contribution in [-0.4, -0.2) is 40.9 Å². The first-order chi connectivity index (χ1) is 9.15. The summed E-state index contributed by atoms with van der Waals surface area (Å²) in [5.74, 6) is 0.226. The van der Waals surface area contributed by atoms with Crippen molar-refractivity contribution in [2.45, 2.75) is 5.16 Å². The summed E-state index contributed by atoms with van der Waals surface area (Å²) in [6.45, 7) is 0. The molecule has 0 aliphatic carbocycles. The van der Waals surface area contributed by atoms with Crippen LogP contribution in [0.3, 0.4) is 0 Å². The second kappa shape index (κ2) is 6.24. The highest BCUT2D eigenvalue weighted by molar-refractivity contribution is 7.99. The molecule has 2 N–H and O–H groups in total. The van der Waals surface area contributed by atoms with Gasteiger partial charge in [0.2, 0.25) is 5.91 Å². The molecule has 0 fully saturated rings. The van der Waals surface area contributed by atoms with Gasteiger partial charge in [0.25, 0.3) is 0 Å². The van der Waals surface area contributed by atoms with E-state index >= 15 is 0 Å². The summed E-state index contributed by atoms with van der Waals surface area (Å²) >= 11 is 1.31. The van der Waals surface area contributed by atoms with E-state index in [-0.39, 0.29) is 5.91 Å². The number of anilines is 2. The van der Waals surface area contributed by atoms with Crippen molar-refractivity contribution in [2.75, 3.05) is 30.1 Å². The number of benzene rings is 1. The molecule has 0 unspecified atom stereocenters. The van der Waals surface area contributed by atoms with Gasteiger partial charge in [0.05, 0.1) is 5.75 Å². The molecule has 7 heteroatoms. The van der Waals surface area contributed by atoms with Crippen molar-refractivity contribution in [1.82, 2.24) is 15.2 Å². The number of nitrogens with zero attached hydrogens (tertiary/aromatic N) is 3. The van der Waals surface area contributed by atoms with Crippen molar-refractivity contribution in [2.24, 2.45) is 0 Å². The molecule has 0 spiro atoms. The quantitative estimate of drug-likeness (QED) is 0.812. The Morgan fingerprint density at radius 2 is 2.11 bits per heavy atom. The molecule has 0 bridgehead atoms. The highest BCUT2D eigenvalue weighted by Crippen LogP contribution is 2.16. The van der Waals surface area contributed by atoms with Crippen molar-refractivity contribution in [1.29, 1.82) is 0 Å². The van der Waals surface area contributed by atoms with Crippen LogP contribution in [0.1, 0.15) is 0 Å². The molecule has 6 nitrogen and oxygen atoms in total. The summed E-state index contributed by atoms with van der Waals surface area (Å²) < 4.78 is 0. The molecule has 0 atom stereocenters. The fourth-order valence-corrected chi connectivity index (χ4v) is 2.02. The first-order valence-electron chi connectivity index (χ1n) is 5.70. The molecule has 0 aliphatic heterocycles. The number of amides is 1. The molecule has 0 saturated heterocycles. The maximum atomic E-state index is 11.7. The molecular weight excluding hydrogens is 262 g/mol. The predicted octanol–water partition coefficient (Wildman–Crippen LogP) is 1.60. The highest BCUT2D eigenvalue weighted by atomic mass is 32.2. The number of hydrogen-bond donors (Lipinski definition) is 2. The third-order valence-corrected chi connectivity index (χ3v) is 3.28. The molecule has 2 rings (SSSR count). The molecule has 0 saturated carbocycles. The summed E-state index contributed by atoms with van der Waals surface area (Å²) in [6.07, 6.45) is 1.42. The average molecular weight is 277 g/mol. The molecule has 1 heterocycles. The van der Waals surface area contributed by atoms with E-state index in [0.29, 0.717) is 10.9 Å². The fraction of sp³-hybridized carbons (Fsp3) is 0.250. The van der Waals surface area contributed by atoms with E-state index in [1.165, 1.54) is 18.1 Å². The topological polar surface area (TPSA) is 73.9 Å². The van der Waals surface area contributed by atoms with Gasteiger partial charge in [-0.3, -0.25) is 9.89 Å². The van der Waals surface area contributed by atoms with E-state index in [9.17, 15) is 4.79 Å². The second-order valence-corrected chi connectivity index (χ2v) is 5.03. The molecule has 0 radical (unpaired) electrons. The largest absolute Gasteiger partial charge is 0.378 e. The minimum Gasteiger partial charge on any atom is -0.378 e. The number of rotatable bonds is 5. The zero-order valence-electron chi connectivity index (χ0n) is 10.8. The summed E-state index contributed by atoms with van der Waals surface area (Å²) in [6, 6.07) is 7.68. The van der Waals surface area contributed by atoms with Crippen LogP contribution >= 0.6 is 11.8 Å². The standard InChI is InChI=1S/C12H15N5OS/c1-17(2)10-5-3-9(4-6-10)15-11(18)7-19-12-13-8-14-16-12/h3-6,8H,7H2,1-2H3,(H,15,18)(H,13,14,16). The maximum absolute atomic E-state index is 11.7. The van der Waals surface area contributed by atoms with E-state index in [0.717, 1.165) is 11.4 Å². The maximum Gasteiger partial charge on any atom is 0.234 e. The zero-order valence-corrected chi connectivity index (χ0v) is 11.6. The van der Waals surface area contributed by atoms with Gasteiger partial charge in [0.15, 0.2) is 5.16 Å². The monoisotopic (exact) mass is 277 g/mol. The van der Waals surface area contributed by atoms with Crippen molar-refractivity contribution in [3.8, 4) is 0 Å². The molecule has 1 amide bonds.